The zero-order chi connectivity index (χ0) is 18.0. The minimum absolute atomic E-state index is 0.0928. The summed E-state index contributed by atoms with van der Waals surface area (Å²) in [7, 11) is 0. The van der Waals surface area contributed by atoms with Crippen molar-refractivity contribution in [2.24, 2.45) is 0 Å². The number of benzene rings is 2. The monoisotopic (exact) mass is 365 g/mol. The average Bonchev–Trinajstić information content (AvgIpc) is 2.94. The molecule has 3 aromatic rings. The number of halogens is 3. The lowest BCUT2D eigenvalue weighted by Crippen LogP contribution is -2.11. The van der Waals surface area contributed by atoms with Gasteiger partial charge in [0.1, 0.15) is 6.67 Å². The predicted molar refractivity (Wildman–Crippen MR) is 90.6 cm³/mol. The Morgan fingerprint density at radius 3 is 2.56 bits per heavy atom. The lowest BCUT2D eigenvalue weighted by molar-refractivity contribution is -0.137. The van der Waals surface area contributed by atoms with Crippen molar-refractivity contribution in [1.82, 2.24) is 9.78 Å². The lowest BCUT2D eigenvalue weighted by Gasteiger charge is -2.10. The Balaban J connectivity index is 1.76. The Bertz CT molecular complexity index is 929. The molecule has 130 valence electrons. The van der Waals surface area contributed by atoms with E-state index in [0.29, 0.717) is 11.6 Å². The normalized spacial score (nSPS) is 11.5. The lowest BCUT2D eigenvalue weighted by atomic mass is 10.1. The molecule has 4 nitrogen and oxygen atoms in total. The first-order valence-electron chi connectivity index (χ1n) is 7.39. The maximum Gasteiger partial charge on any atom is 0.416 e. The Kier molecular flexibility index (Phi) is 4.63. The summed E-state index contributed by atoms with van der Waals surface area (Å²) in [5.41, 5.74) is 1.47. The van der Waals surface area contributed by atoms with Crippen molar-refractivity contribution >= 4 is 17.9 Å². The minimum Gasteiger partial charge on any atom is -0.409 e. The molecule has 0 fully saturated rings. The van der Waals surface area contributed by atoms with Crippen LogP contribution in [-0.4, -0.2) is 9.78 Å². The highest BCUT2D eigenvalue weighted by molar-refractivity contribution is 7.71. The molecule has 3 rings (SSSR count). The van der Waals surface area contributed by atoms with Gasteiger partial charge in [-0.15, -0.1) is 5.10 Å². The van der Waals surface area contributed by atoms with Crippen LogP contribution < -0.4 is 5.32 Å². The molecule has 0 aliphatic heterocycles. The van der Waals surface area contributed by atoms with Crippen LogP contribution in [0.4, 0.5) is 18.9 Å². The third kappa shape index (κ3) is 4.08. The summed E-state index contributed by atoms with van der Waals surface area (Å²) in [6.45, 7) is 2.06. The summed E-state index contributed by atoms with van der Waals surface area (Å²) in [5, 5.41) is 7.12. The first-order chi connectivity index (χ1) is 11.8. The van der Waals surface area contributed by atoms with E-state index in [-0.39, 0.29) is 11.5 Å². The minimum atomic E-state index is -4.39. The van der Waals surface area contributed by atoms with Crippen LogP contribution in [0.1, 0.15) is 11.1 Å². The van der Waals surface area contributed by atoms with E-state index < -0.39 is 11.7 Å². The molecule has 0 aliphatic carbocycles. The number of hydrogen-bond donors (Lipinski definition) is 1. The van der Waals surface area contributed by atoms with Crippen molar-refractivity contribution < 1.29 is 17.6 Å². The summed E-state index contributed by atoms with van der Waals surface area (Å²) >= 11 is 5.11. The highest BCUT2D eigenvalue weighted by atomic mass is 32.1. The molecule has 0 radical (unpaired) electrons. The maximum atomic E-state index is 12.7. The molecule has 8 heteroatoms. The molecule has 1 aromatic heterocycles. The number of hydrogen-bond acceptors (Lipinski definition) is 4. The molecule has 0 spiro atoms. The summed E-state index contributed by atoms with van der Waals surface area (Å²) in [6.07, 6.45) is -4.39. The molecule has 2 aromatic carbocycles. The van der Waals surface area contributed by atoms with Gasteiger partial charge in [-0.25, -0.2) is 4.68 Å². The second-order valence-corrected chi connectivity index (χ2v) is 5.80. The Morgan fingerprint density at radius 1 is 1.16 bits per heavy atom. The van der Waals surface area contributed by atoms with Crippen LogP contribution in [-0.2, 0) is 12.8 Å². The summed E-state index contributed by atoms with van der Waals surface area (Å²) in [6, 6.07) is 12.5. The van der Waals surface area contributed by atoms with Crippen LogP contribution in [0.25, 0.3) is 11.5 Å². The van der Waals surface area contributed by atoms with Gasteiger partial charge in [-0.2, -0.15) is 13.2 Å². The van der Waals surface area contributed by atoms with E-state index in [0.717, 1.165) is 23.3 Å². The van der Waals surface area contributed by atoms with Crippen molar-refractivity contribution in [3.8, 4) is 11.5 Å². The van der Waals surface area contributed by atoms with Gasteiger partial charge in [0.05, 0.1) is 5.56 Å². The van der Waals surface area contributed by atoms with E-state index in [1.807, 2.05) is 31.2 Å². The molecule has 0 amide bonds. The molecule has 1 N–H and O–H groups in total. The summed E-state index contributed by atoms with van der Waals surface area (Å²) in [5.74, 6) is 0.357. The average molecular weight is 365 g/mol. The van der Waals surface area contributed by atoms with Crippen LogP contribution in [0.15, 0.2) is 52.9 Å². The second-order valence-electron chi connectivity index (χ2n) is 5.45. The molecule has 0 atom stereocenters. The topological polar surface area (TPSA) is 43.0 Å². The van der Waals surface area contributed by atoms with Crippen LogP contribution in [0, 0.1) is 11.8 Å². The van der Waals surface area contributed by atoms with Crippen LogP contribution >= 0.6 is 12.2 Å². The van der Waals surface area contributed by atoms with Crippen molar-refractivity contribution in [1.29, 1.82) is 0 Å². The quantitative estimate of drug-likeness (QED) is 0.640. The van der Waals surface area contributed by atoms with Gasteiger partial charge >= 0.3 is 6.18 Å². The van der Waals surface area contributed by atoms with Gasteiger partial charge in [0, 0.05) is 11.3 Å². The third-order valence-electron chi connectivity index (χ3n) is 3.53. The van der Waals surface area contributed by atoms with Gasteiger partial charge in [0.25, 0.3) is 4.84 Å². The highest BCUT2D eigenvalue weighted by Crippen LogP contribution is 2.30. The smallest absolute Gasteiger partial charge is 0.409 e. The number of nitrogens with zero attached hydrogens (tertiary/aromatic N) is 2. The molecule has 1 heterocycles. The van der Waals surface area contributed by atoms with E-state index in [1.165, 1.54) is 10.7 Å². The van der Waals surface area contributed by atoms with Gasteiger partial charge in [-0.3, -0.25) is 0 Å². The SMILES string of the molecule is Cc1ccc(-c2nn(CNc3cccc(C(F)(F)F)c3)c(=S)o2)cc1. The summed E-state index contributed by atoms with van der Waals surface area (Å²) < 4.78 is 45.0. The maximum absolute atomic E-state index is 12.7. The number of rotatable bonds is 4. The zero-order valence-electron chi connectivity index (χ0n) is 13.2. The number of aryl methyl sites for hydroxylation is 1. The fourth-order valence-electron chi connectivity index (χ4n) is 2.19. The molecule has 0 unspecified atom stereocenters. The fourth-order valence-corrected chi connectivity index (χ4v) is 2.37. The van der Waals surface area contributed by atoms with E-state index in [4.69, 9.17) is 16.6 Å². The molecule has 0 aliphatic rings. The van der Waals surface area contributed by atoms with Crippen LogP contribution in [0.2, 0.25) is 0 Å². The van der Waals surface area contributed by atoms with E-state index in [1.54, 1.807) is 6.07 Å². The molecule has 25 heavy (non-hydrogen) atoms. The largest absolute Gasteiger partial charge is 0.416 e. The molecular formula is C17H14F3N3OS. The fraction of sp³-hybridized carbons (Fsp3) is 0.176. The first-order valence-corrected chi connectivity index (χ1v) is 7.80. The van der Waals surface area contributed by atoms with Gasteiger partial charge in [0.15, 0.2) is 0 Å². The Labute approximate surface area is 146 Å². The Morgan fingerprint density at radius 2 is 1.88 bits per heavy atom. The number of nitrogens with one attached hydrogen (secondary N) is 1. The van der Waals surface area contributed by atoms with Gasteiger partial charge < -0.3 is 9.73 Å². The van der Waals surface area contributed by atoms with Crippen molar-refractivity contribution in [3.63, 3.8) is 0 Å². The van der Waals surface area contributed by atoms with Crippen LogP contribution in [0.3, 0.4) is 0 Å². The summed E-state index contributed by atoms with van der Waals surface area (Å²) in [4.78, 5) is 0.134. The molecule has 0 saturated heterocycles. The first kappa shape index (κ1) is 17.2. The predicted octanol–water partition coefficient (Wildman–Crippen LogP) is 5.27. The number of alkyl halides is 3. The highest BCUT2D eigenvalue weighted by Gasteiger charge is 2.30. The van der Waals surface area contributed by atoms with E-state index in [9.17, 15) is 13.2 Å². The second kappa shape index (κ2) is 6.72. The standard InChI is InChI=1S/C17H14F3N3OS/c1-11-5-7-12(8-6-11)15-22-23(16(25)24-15)10-21-14-4-2-3-13(9-14)17(18,19)20/h2-9,21H,10H2,1H3. The van der Waals surface area contributed by atoms with Crippen molar-refractivity contribution in [2.45, 2.75) is 19.8 Å². The van der Waals surface area contributed by atoms with Crippen LogP contribution in [0.5, 0.6) is 0 Å². The Hall–Kier alpha value is -2.61. The van der Waals surface area contributed by atoms with Crippen molar-refractivity contribution in [2.75, 3.05) is 5.32 Å². The zero-order valence-corrected chi connectivity index (χ0v) is 14.0. The molecular weight excluding hydrogens is 351 g/mol. The third-order valence-corrected chi connectivity index (χ3v) is 3.82. The van der Waals surface area contributed by atoms with E-state index >= 15 is 0 Å². The van der Waals surface area contributed by atoms with Gasteiger partial charge in [0.2, 0.25) is 5.89 Å². The molecule has 0 saturated carbocycles. The van der Waals surface area contributed by atoms with Crippen molar-refractivity contribution in [3.05, 3.63) is 64.5 Å². The number of anilines is 1. The van der Waals surface area contributed by atoms with Gasteiger partial charge in [-0.1, -0.05) is 23.8 Å². The molecule has 0 bridgehead atoms. The van der Waals surface area contributed by atoms with E-state index in [2.05, 4.69) is 10.4 Å². The van der Waals surface area contributed by atoms with Gasteiger partial charge in [-0.05, 0) is 49.5 Å². The number of aromatic nitrogens is 2.